The van der Waals surface area contributed by atoms with Crippen LogP contribution in [0, 0.1) is 10.1 Å². The highest BCUT2D eigenvalue weighted by Gasteiger charge is 2.16. The Morgan fingerprint density at radius 1 is 1.56 bits per heavy atom. The van der Waals surface area contributed by atoms with E-state index in [0.717, 1.165) is 0 Å². The first kappa shape index (κ1) is 14.7. The summed E-state index contributed by atoms with van der Waals surface area (Å²) in [6.07, 6.45) is 0. The molecule has 1 aromatic rings. The lowest BCUT2D eigenvalue weighted by molar-refractivity contribution is -0.383. The van der Waals surface area contributed by atoms with E-state index in [-0.39, 0.29) is 28.1 Å². The van der Waals surface area contributed by atoms with Gasteiger partial charge in [-0.05, 0) is 12.1 Å². The molecule has 0 aromatic heterocycles. The van der Waals surface area contributed by atoms with Gasteiger partial charge in [-0.15, -0.1) is 0 Å². The van der Waals surface area contributed by atoms with Crippen LogP contribution in [-0.4, -0.2) is 28.9 Å². The first-order chi connectivity index (χ1) is 8.54. The molecular formula is C10H12ClN3O3S. The molecule has 0 aliphatic rings. The van der Waals surface area contributed by atoms with Gasteiger partial charge >= 0.3 is 0 Å². The normalized spacial score (nSPS) is 10.1. The average molecular weight is 290 g/mol. The van der Waals surface area contributed by atoms with Gasteiger partial charge in [0.25, 0.3) is 5.69 Å². The molecule has 0 saturated heterocycles. The third-order valence-corrected chi connectivity index (χ3v) is 3.15. The largest absolute Gasteiger partial charge is 0.330 e. The van der Waals surface area contributed by atoms with Crippen molar-refractivity contribution in [2.75, 3.05) is 23.4 Å². The quantitative estimate of drug-likeness (QED) is 0.473. The molecule has 0 saturated carbocycles. The predicted molar refractivity (Wildman–Crippen MR) is 73.1 cm³/mol. The van der Waals surface area contributed by atoms with E-state index in [2.05, 4.69) is 5.32 Å². The molecule has 1 amide bonds. The first-order valence-corrected chi connectivity index (χ1v) is 6.59. The lowest BCUT2D eigenvalue weighted by Gasteiger charge is -2.05. The number of amides is 1. The van der Waals surface area contributed by atoms with Gasteiger partial charge in [-0.25, -0.2) is 0 Å². The monoisotopic (exact) mass is 289 g/mol. The molecule has 0 aliphatic carbocycles. The second kappa shape index (κ2) is 7.20. The van der Waals surface area contributed by atoms with Gasteiger partial charge in [0.2, 0.25) is 5.91 Å². The van der Waals surface area contributed by atoms with E-state index in [0.29, 0.717) is 12.3 Å². The van der Waals surface area contributed by atoms with Crippen LogP contribution in [0.2, 0.25) is 5.02 Å². The highest BCUT2D eigenvalue weighted by atomic mass is 35.5. The maximum Gasteiger partial charge on any atom is 0.294 e. The van der Waals surface area contributed by atoms with E-state index >= 15 is 0 Å². The SMILES string of the molecule is NCCSCC(=O)Nc1ccc(Cl)cc1[N+](=O)[O-]. The number of nitro benzene ring substituents is 1. The lowest BCUT2D eigenvalue weighted by atomic mass is 10.2. The number of nitrogens with one attached hydrogen (secondary N) is 1. The van der Waals surface area contributed by atoms with Crippen LogP contribution in [0.4, 0.5) is 11.4 Å². The summed E-state index contributed by atoms with van der Waals surface area (Å²) in [6, 6.07) is 4.09. The molecule has 3 N–H and O–H groups in total. The van der Waals surface area contributed by atoms with E-state index < -0.39 is 4.92 Å². The summed E-state index contributed by atoms with van der Waals surface area (Å²) in [7, 11) is 0. The van der Waals surface area contributed by atoms with Crippen molar-refractivity contribution in [3.63, 3.8) is 0 Å². The van der Waals surface area contributed by atoms with Crippen molar-refractivity contribution in [1.29, 1.82) is 0 Å². The number of nitrogens with two attached hydrogens (primary N) is 1. The molecule has 0 fully saturated rings. The van der Waals surface area contributed by atoms with Crippen LogP contribution in [0.1, 0.15) is 0 Å². The number of halogens is 1. The van der Waals surface area contributed by atoms with Crippen LogP contribution in [-0.2, 0) is 4.79 Å². The molecule has 1 aromatic carbocycles. The van der Waals surface area contributed by atoms with Gasteiger partial charge in [0.05, 0.1) is 10.7 Å². The van der Waals surface area contributed by atoms with Crippen LogP contribution in [0.15, 0.2) is 18.2 Å². The van der Waals surface area contributed by atoms with Crippen LogP contribution in [0.25, 0.3) is 0 Å². The van der Waals surface area contributed by atoms with Gasteiger partial charge < -0.3 is 11.1 Å². The molecule has 0 atom stereocenters. The van der Waals surface area contributed by atoms with Crippen LogP contribution in [0.3, 0.4) is 0 Å². The summed E-state index contributed by atoms with van der Waals surface area (Å²) in [4.78, 5) is 21.7. The number of thioether (sulfide) groups is 1. The van der Waals surface area contributed by atoms with Gasteiger partial charge in [0.15, 0.2) is 0 Å². The van der Waals surface area contributed by atoms with Crippen molar-refractivity contribution < 1.29 is 9.72 Å². The smallest absolute Gasteiger partial charge is 0.294 e. The van der Waals surface area contributed by atoms with Crippen LogP contribution in [0.5, 0.6) is 0 Å². The molecule has 0 aliphatic heterocycles. The van der Waals surface area contributed by atoms with Crippen molar-refractivity contribution in [1.82, 2.24) is 0 Å². The summed E-state index contributed by atoms with van der Waals surface area (Å²) in [5, 5.41) is 13.5. The lowest BCUT2D eigenvalue weighted by Crippen LogP contribution is -2.16. The van der Waals surface area contributed by atoms with Crippen molar-refractivity contribution in [2.24, 2.45) is 5.73 Å². The van der Waals surface area contributed by atoms with Crippen molar-refractivity contribution in [3.8, 4) is 0 Å². The molecule has 0 bridgehead atoms. The molecule has 0 heterocycles. The van der Waals surface area contributed by atoms with Crippen LogP contribution >= 0.6 is 23.4 Å². The molecule has 0 spiro atoms. The number of benzene rings is 1. The average Bonchev–Trinajstić information content (AvgIpc) is 2.31. The Labute approximate surface area is 113 Å². The first-order valence-electron chi connectivity index (χ1n) is 5.06. The van der Waals surface area contributed by atoms with Gasteiger partial charge in [-0.3, -0.25) is 14.9 Å². The second-order valence-electron chi connectivity index (χ2n) is 3.31. The molecular weight excluding hydrogens is 278 g/mol. The van der Waals surface area contributed by atoms with Crippen molar-refractivity contribution >= 4 is 40.6 Å². The maximum absolute atomic E-state index is 11.5. The fourth-order valence-corrected chi connectivity index (χ4v) is 1.93. The number of hydrogen-bond donors (Lipinski definition) is 2. The summed E-state index contributed by atoms with van der Waals surface area (Å²) in [5.41, 5.74) is 5.21. The molecule has 1 rings (SSSR count). The zero-order valence-corrected chi connectivity index (χ0v) is 11.0. The van der Waals surface area contributed by atoms with Crippen molar-refractivity contribution in [3.05, 3.63) is 33.3 Å². The van der Waals surface area contributed by atoms with E-state index in [1.165, 1.54) is 30.0 Å². The number of carbonyl (C=O) groups excluding carboxylic acids is 1. The zero-order valence-electron chi connectivity index (χ0n) is 9.39. The Morgan fingerprint density at radius 2 is 2.28 bits per heavy atom. The maximum atomic E-state index is 11.5. The topological polar surface area (TPSA) is 98.3 Å². The fraction of sp³-hybridized carbons (Fsp3) is 0.300. The van der Waals surface area contributed by atoms with Crippen molar-refractivity contribution in [2.45, 2.75) is 0 Å². The Kier molecular flexibility index (Phi) is 5.90. The Balaban J connectivity index is 2.72. The molecule has 6 nitrogen and oxygen atoms in total. The van der Waals surface area contributed by atoms with Gasteiger partial charge in [0.1, 0.15) is 5.69 Å². The minimum absolute atomic E-state index is 0.141. The number of nitro groups is 1. The number of anilines is 1. The number of carbonyl (C=O) groups is 1. The fourth-order valence-electron chi connectivity index (χ4n) is 1.20. The highest BCUT2D eigenvalue weighted by molar-refractivity contribution is 7.99. The van der Waals surface area contributed by atoms with E-state index in [1.54, 1.807) is 0 Å². The number of rotatable bonds is 6. The summed E-state index contributed by atoms with van der Waals surface area (Å²) >= 11 is 7.03. The van der Waals surface area contributed by atoms with Gasteiger partial charge in [0, 0.05) is 23.4 Å². The Hall–Kier alpha value is -1.31. The summed E-state index contributed by atoms with van der Waals surface area (Å²) < 4.78 is 0. The number of nitrogens with zero attached hydrogens (tertiary/aromatic N) is 1. The predicted octanol–water partition coefficient (Wildman–Crippen LogP) is 1.88. The molecule has 8 heteroatoms. The zero-order chi connectivity index (χ0) is 13.5. The van der Waals surface area contributed by atoms with E-state index in [9.17, 15) is 14.9 Å². The molecule has 0 radical (unpaired) electrons. The summed E-state index contributed by atoms with van der Waals surface area (Å²) in [6.45, 7) is 0.485. The molecule has 18 heavy (non-hydrogen) atoms. The summed E-state index contributed by atoms with van der Waals surface area (Å²) in [5.74, 6) is 0.562. The third kappa shape index (κ3) is 4.52. The van der Waals surface area contributed by atoms with Gasteiger partial charge in [-0.1, -0.05) is 11.6 Å². The standard InChI is InChI=1S/C10H12ClN3O3S/c11-7-1-2-8(9(5-7)14(16)17)13-10(15)6-18-4-3-12/h1-2,5H,3-4,6,12H2,(H,13,15). The third-order valence-electron chi connectivity index (χ3n) is 1.93. The minimum Gasteiger partial charge on any atom is -0.330 e. The Bertz CT molecular complexity index is 456. The van der Waals surface area contributed by atoms with Gasteiger partial charge in [-0.2, -0.15) is 11.8 Å². The Morgan fingerprint density at radius 3 is 2.89 bits per heavy atom. The highest BCUT2D eigenvalue weighted by Crippen LogP contribution is 2.27. The molecule has 0 unspecified atom stereocenters. The van der Waals surface area contributed by atoms with E-state index in [1.807, 2.05) is 0 Å². The minimum atomic E-state index is -0.589. The van der Waals surface area contributed by atoms with E-state index in [4.69, 9.17) is 17.3 Å². The van der Waals surface area contributed by atoms with Crippen LogP contribution < -0.4 is 11.1 Å². The second-order valence-corrected chi connectivity index (χ2v) is 4.85. The molecule has 98 valence electrons. The number of hydrogen-bond acceptors (Lipinski definition) is 5.